The highest BCUT2D eigenvalue weighted by molar-refractivity contribution is 7.16. The lowest BCUT2D eigenvalue weighted by Gasteiger charge is -2.24. The highest BCUT2D eigenvalue weighted by atomic mass is 32.1. The van der Waals surface area contributed by atoms with Crippen molar-refractivity contribution in [1.82, 2.24) is 25.1 Å². The molecule has 0 saturated carbocycles. The van der Waals surface area contributed by atoms with Crippen LogP contribution in [-0.4, -0.2) is 51.5 Å². The molecule has 27 heavy (non-hydrogen) atoms. The molecule has 3 aromatic heterocycles. The maximum absolute atomic E-state index is 13.0. The van der Waals surface area contributed by atoms with E-state index in [-0.39, 0.29) is 0 Å². The molecule has 2 aliphatic rings. The third kappa shape index (κ3) is 3.26. The van der Waals surface area contributed by atoms with Crippen LogP contribution in [0.25, 0.3) is 11.3 Å². The summed E-state index contributed by atoms with van der Waals surface area (Å²) in [7, 11) is 0. The summed E-state index contributed by atoms with van der Waals surface area (Å²) >= 11 is 1.57. The number of ether oxygens (including phenoxy) is 1. The molecule has 1 fully saturated rings. The first-order chi connectivity index (χ1) is 13.3. The van der Waals surface area contributed by atoms with E-state index >= 15 is 0 Å². The minimum atomic E-state index is -0.466. The highest BCUT2D eigenvalue weighted by Gasteiger charge is 2.28. The standard InChI is InChI=1S/C17H18FN7OS/c18-11-5-19-16(20-6-11)23-17-22-14-12-7-21-24-15(12)25(3-1-13(14)27-17)8-10-2-4-26-9-10/h5-7,10H,1-4,8-9H2,(H,21,24)(H,19,20,22,23). The van der Waals surface area contributed by atoms with Crippen molar-refractivity contribution in [2.45, 2.75) is 12.8 Å². The number of hydrogen-bond acceptors (Lipinski definition) is 8. The van der Waals surface area contributed by atoms with Gasteiger partial charge in [0.2, 0.25) is 5.95 Å². The van der Waals surface area contributed by atoms with E-state index in [0.29, 0.717) is 17.0 Å². The quantitative estimate of drug-likeness (QED) is 0.711. The Bertz CT molecular complexity index is 935. The van der Waals surface area contributed by atoms with E-state index in [2.05, 4.69) is 30.4 Å². The van der Waals surface area contributed by atoms with Crippen molar-refractivity contribution in [3.8, 4) is 11.3 Å². The molecule has 5 rings (SSSR count). The van der Waals surface area contributed by atoms with Gasteiger partial charge in [0, 0.05) is 36.9 Å². The number of aromatic amines is 1. The molecule has 3 aromatic rings. The number of nitrogens with zero attached hydrogens (tertiary/aromatic N) is 5. The van der Waals surface area contributed by atoms with Crippen molar-refractivity contribution < 1.29 is 9.13 Å². The number of thiazole rings is 1. The van der Waals surface area contributed by atoms with Crippen LogP contribution in [0.3, 0.4) is 0 Å². The maximum atomic E-state index is 13.0. The topological polar surface area (TPSA) is 91.8 Å². The molecule has 0 amide bonds. The van der Waals surface area contributed by atoms with Gasteiger partial charge in [-0.25, -0.2) is 19.3 Å². The van der Waals surface area contributed by atoms with Crippen LogP contribution in [0.2, 0.25) is 0 Å². The van der Waals surface area contributed by atoms with Gasteiger partial charge in [-0.15, -0.1) is 11.3 Å². The summed E-state index contributed by atoms with van der Waals surface area (Å²) in [6, 6.07) is 0. The Balaban J connectivity index is 1.41. The monoisotopic (exact) mass is 387 g/mol. The molecular formula is C17H18FN7OS. The zero-order chi connectivity index (χ0) is 18.2. The molecule has 1 saturated heterocycles. The van der Waals surface area contributed by atoms with Gasteiger partial charge in [-0.2, -0.15) is 5.10 Å². The average molecular weight is 387 g/mol. The number of H-pyrrole nitrogens is 1. The van der Waals surface area contributed by atoms with Crippen LogP contribution in [-0.2, 0) is 11.2 Å². The molecular weight excluding hydrogens is 369 g/mol. The third-order valence-corrected chi connectivity index (χ3v) is 5.87. The Morgan fingerprint density at radius 2 is 2.22 bits per heavy atom. The second-order valence-electron chi connectivity index (χ2n) is 6.70. The normalized spacial score (nSPS) is 18.9. The summed E-state index contributed by atoms with van der Waals surface area (Å²) in [6.07, 6.45) is 6.09. The van der Waals surface area contributed by atoms with Crippen LogP contribution < -0.4 is 10.2 Å². The van der Waals surface area contributed by atoms with E-state index in [1.54, 1.807) is 11.3 Å². The summed E-state index contributed by atoms with van der Waals surface area (Å²) in [4.78, 5) is 16.1. The van der Waals surface area contributed by atoms with E-state index in [1.165, 1.54) is 4.88 Å². The number of nitrogens with one attached hydrogen (secondary N) is 2. The third-order valence-electron chi connectivity index (χ3n) is 4.84. The fourth-order valence-electron chi connectivity index (χ4n) is 3.52. The summed E-state index contributed by atoms with van der Waals surface area (Å²) in [5, 5.41) is 11.1. The number of hydrogen-bond donors (Lipinski definition) is 2. The van der Waals surface area contributed by atoms with Crippen molar-refractivity contribution in [2.24, 2.45) is 5.92 Å². The van der Waals surface area contributed by atoms with Crippen LogP contribution in [0.15, 0.2) is 18.6 Å². The molecule has 5 heterocycles. The van der Waals surface area contributed by atoms with E-state index in [1.807, 2.05) is 6.20 Å². The summed E-state index contributed by atoms with van der Waals surface area (Å²) < 4.78 is 18.5. The first-order valence-electron chi connectivity index (χ1n) is 8.87. The fourth-order valence-corrected chi connectivity index (χ4v) is 4.48. The Labute approximate surface area is 158 Å². The van der Waals surface area contributed by atoms with Gasteiger partial charge in [0.25, 0.3) is 0 Å². The smallest absolute Gasteiger partial charge is 0.229 e. The second kappa shape index (κ2) is 6.86. The number of halogens is 1. The minimum absolute atomic E-state index is 0.329. The van der Waals surface area contributed by atoms with Gasteiger partial charge in [-0.05, 0) is 6.42 Å². The molecule has 8 nitrogen and oxygen atoms in total. The van der Waals surface area contributed by atoms with Gasteiger partial charge in [-0.3, -0.25) is 5.10 Å². The molecule has 0 aliphatic carbocycles. The summed E-state index contributed by atoms with van der Waals surface area (Å²) in [5.41, 5.74) is 1.93. The molecule has 2 N–H and O–H groups in total. The van der Waals surface area contributed by atoms with Gasteiger partial charge >= 0.3 is 0 Å². The number of anilines is 3. The van der Waals surface area contributed by atoms with Crippen molar-refractivity contribution in [3.63, 3.8) is 0 Å². The Kier molecular flexibility index (Phi) is 4.21. The van der Waals surface area contributed by atoms with E-state index in [9.17, 15) is 4.39 Å². The lowest BCUT2D eigenvalue weighted by Crippen LogP contribution is -2.31. The molecule has 0 aromatic carbocycles. The van der Waals surface area contributed by atoms with E-state index in [0.717, 1.165) is 68.6 Å². The Hall–Kier alpha value is -2.59. The maximum Gasteiger partial charge on any atom is 0.229 e. The van der Waals surface area contributed by atoms with Gasteiger partial charge in [-0.1, -0.05) is 0 Å². The van der Waals surface area contributed by atoms with Crippen LogP contribution >= 0.6 is 11.3 Å². The van der Waals surface area contributed by atoms with Crippen LogP contribution in [0.5, 0.6) is 0 Å². The largest absolute Gasteiger partial charge is 0.381 e. The second-order valence-corrected chi connectivity index (χ2v) is 7.78. The summed E-state index contributed by atoms with van der Waals surface area (Å²) in [5.74, 6) is 1.43. The van der Waals surface area contributed by atoms with Crippen LogP contribution in [0.4, 0.5) is 21.3 Å². The predicted molar refractivity (Wildman–Crippen MR) is 99.8 cm³/mol. The Morgan fingerprint density at radius 1 is 1.33 bits per heavy atom. The van der Waals surface area contributed by atoms with Crippen LogP contribution in [0.1, 0.15) is 11.3 Å². The number of rotatable bonds is 4. The Morgan fingerprint density at radius 3 is 3.04 bits per heavy atom. The van der Waals surface area contributed by atoms with Crippen molar-refractivity contribution in [1.29, 1.82) is 0 Å². The fraction of sp³-hybridized carbons (Fsp3) is 0.412. The lowest BCUT2D eigenvalue weighted by atomic mass is 10.1. The van der Waals surface area contributed by atoms with Gasteiger partial charge in [0.1, 0.15) is 5.82 Å². The SMILES string of the molecule is Fc1cnc(Nc2nc3c(s2)CCN(CC2CCOC2)c2[nH]ncc2-3)nc1. The molecule has 10 heteroatoms. The van der Waals surface area contributed by atoms with E-state index in [4.69, 9.17) is 9.72 Å². The zero-order valence-electron chi connectivity index (χ0n) is 14.5. The van der Waals surface area contributed by atoms with Crippen LogP contribution in [0, 0.1) is 11.7 Å². The predicted octanol–water partition coefficient (Wildman–Crippen LogP) is 2.60. The number of fused-ring (bicyclic) bond motifs is 3. The van der Waals surface area contributed by atoms with Crippen molar-refractivity contribution in [3.05, 3.63) is 29.3 Å². The summed E-state index contributed by atoms with van der Waals surface area (Å²) in [6.45, 7) is 3.53. The molecule has 1 unspecified atom stereocenters. The zero-order valence-corrected chi connectivity index (χ0v) is 15.3. The van der Waals surface area contributed by atoms with Crippen molar-refractivity contribution in [2.75, 3.05) is 36.5 Å². The van der Waals surface area contributed by atoms with Gasteiger partial charge in [0.05, 0.1) is 36.5 Å². The minimum Gasteiger partial charge on any atom is -0.381 e. The first-order valence-corrected chi connectivity index (χ1v) is 9.68. The molecule has 0 bridgehead atoms. The van der Waals surface area contributed by atoms with Crippen molar-refractivity contribution >= 4 is 28.2 Å². The molecule has 2 aliphatic heterocycles. The molecule has 140 valence electrons. The van der Waals surface area contributed by atoms with Gasteiger partial charge < -0.3 is 15.0 Å². The molecule has 0 radical (unpaired) electrons. The van der Waals surface area contributed by atoms with E-state index < -0.39 is 5.82 Å². The number of aromatic nitrogens is 5. The van der Waals surface area contributed by atoms with Gasteiger partial charge in [0.15, 0.2) is 10.9 Å². The highest BCUT2D eigenvalue weighted by Crippen LogP contribution is 2.39. The molecule has 1 atom stereocenters. The average Bonchev–Trinajstić information content (AvgIpc) is 3.40. The molecule has 0 spiro atoms. The lowest BCUT2D eigenvalue weighted by molar-refractivity contribution is 0.186. The first kappa shape index (κ1) is 16.6.